The van der Waals surface area contributed by atoms with Crippen LogP contribution in [0, 0.1) is 6.92 Å². The smallest absolute Gasteiger partial charge is 0.136 e. The van der Waals surface area contributed by atoms with Crippen molar-refractivity contribution in [2.24, 2.45) is 0 Å². The molecule has 0 amide bonds. The van der Waals surface area contributed by atoms with Gasteiger partial charge in [0.1, 0.15) is 12.4 Å². The topological polar surface area (TPSA) is 53.1 Å². The molecule has 0 aliphatic heterocycles. The zero-order valence-corrected chi connectivity index (χ0v) is 12.1. The van der Waals surface area contributed by atoms with Crippen molar-refractivity contribution in [1.29, 1.82) is 0 Å². The highest BCUT2D eigenvalue weighted by molar-refractivity contribution is 9.10. The molecule has 0 saturated heterocycles. The number of ether oxygens (including phenoxy) is 1. The summed E-state index contributed by atoms with van der Waals surface area (Å²) >= 11 is 3.42. The summed E-state index contributed by atoms with van der Waals surface area (Å²) in [7, 11) is 0. The van der Waals surface area contributed by atoms with Crippen LogP contribution in [0.5, 0.6) is 5.75 Å². The minimum Gasteiger partial charge on any atom is -0.486 e. The maximum absolute atomic E-state index is 5.81. The van der Waals surface area contributed by atoms with Gasteiger partial charge in [-0.15, -0.1) is 0 Å². The van der Waals surface area contributed by atoms with E-state index in [4.69, 9.17) is 10.5 Å². The number of benzene rings is 1. The van der Waals surface area contributed by atoms with Crippen LogP contribution < -0.4 is 10.5 Å². The van der Waals surface area contributed by atoms with E-state index in [-0.39, 0.29) is 0 Å². The summed E-state index contributed by atoms with van der Waals surface area (Å²) in [6.07, 6.45) is 0. The van der Waals surface area contributed by atoms with Crippen LogP contribution in [0.25, 0.3) is 0 Å². The second-order valence-electron chi connectivity index (χ2n) is 4.04. The van der Waals surface area contributed by atoms with Gasteiger partial charge in [0.15, 0.2) is 0 Å². The van der Waals surface area contributed by atoms with Crippen LogP contribution in [0.1, 0.15) is 18.3 Å². The van der Waals surface area contributed by atoms with Crippen molar-refractivity contribution in [3.63, 3.8) is 0 Å². The Balaban J connectivity index is 2.13. The molecule has 1 aromatic carbocycles. The molecule has 0 fully saturated rings. The largest absolute Gasteiger partial charge is 0.486 e. The summed E-state index contributed by atoms with van der Waals surface area (Å²) in [4.78, 5) is 0. The third kappa shape index (κ3) is 2.67. The number of hydrogen-bond donors (Lipinski definition) is 1. The van der Waals surface area contributed by atoms with Crippen LogP contribution in [0.15, 0.2) is 28.7 Å². The molecule has 0 aliphatic carbocycles. The summed E-state index contributed by atoms with van der Waals surface area (Å²) in [5.74, 6) is 0.747. The van der Waals surface area contributed by atoms with Crippen molar-refractivity contribution in [1.82, 2.24) is 9.78 Å². The molecule has 96 valence electrons. The molecule has 1 heterocycles. The number of nitrogens with two attached hydrogens (primary N) is 1. The van der Waals surface area contributed by atoms with E-state index in [1.807, 2.05) is 35.9 Å². The number of aromatic nitrogens is 2. The van der Waals surface area contributed by atoms with Gasteiger partial charge in [-0.05, 0) is 48.0 Å². The molecular weight excluding hydrogens is 294 g/mol. The predicted octanol–water partition coefficient (Wildman–Crippen LogP) is 3.14. The number of nitrogen functional groups attached to an aromatic ring is 1. The Morgan fingerprint density at radius 3 is 2.94 bits per heavy atom. The minimum absolute atomic E-state index is 0.483. The lowest BCUT2D eigenvalue weighted by Gasteiger charge is -2.10. The van der Waals surface area contributed by atoms with Crippen molar-refractivity contribution in [3.8, 4) is 5.75 Å². The Morgan fingerprint density at radius 1 is 1.44 bits per heavy atom. The van der Waals surface area contributed by atoms with Gasteiger partial charge in [-0.2, -0.15) is 5.10 Å². The number of rotatable bonds is 4. The van der Waals surface area contributed by atoms with E-state index in [0.717, 1.165) is 28.2 Å². The highest BCUT2D eigenvalue weighted by atomic mass is 79.9. The predicted molar refractivity (Wildman–Crippen MR) is 75.5 cm³/mol. The second kappa shape index (κ2) is 5.44. The van der Waals surface area contributed by atoms with Crippen molar-refractivity contribution in [2.75, 3.05) is 5.73 Å². The molecule has 0 bridgehead atoms. The number of aryl methyl sites for hydroxylation is 2. The first-order valence-corrected chi connectivity index (χ1v) is 6.61. The second-order valence-corrected chi connectivity index (χ2v) is 4.83. The highest BCUT2D eigenvalue weighted by Gasteiger charge is 2.07. The SMILES string of the molecule is CCn1nc(C)cc1COc1cccc(N)c1Br. The van der Waals surface area contributed by atoms with Gasteiger partial charge < -0.3 is 10.5 Å². The molecule has 2 N–H and O–H groups in total. The summed E-state index contributed by atoms with van der Waals surface area (Å²) < 4.78 is 8.51. The Bertz CT molecular complexity index is 551. The molecule has 1 aromatic heterocycles. The van der Waals surface area contributed by atoms with Gasteiger partial charge in [0.25, 0.3) is 0 Å². The monoisotopic (exact) mass is 309 g/mol. The highest BCUT2D eigenvalue weighted by Crippen LogP contribution is 2.30. The number of anilines is 1. The first-order chi connectivity index (χ1) is 8.61. The molecule has 2 rings (SSSR count). The standard InChI is InChI=1S/C13H16BrN3O/c1-3-17-10(7-9(2)16-17)8-18-12-6-4-5-11(15)13(12)14/h4-7H,3,8,15H2,1-2H3. The summed E-state index contributed by atoms with van der Waals surface area (Å²) in [6.45, 7) is 5.36. The molecular formula is C13H16BrN3O. The van der Waals surface area contributed by atoms with Gasteiger partial charge in [0, 0.05) is 12.2 Å². The van der Waals surface area contributed by atoms with Crippen molar-refractivity contribution < 1.29 is 4.74 Å². The van der Waals surface area contributed by atoms with E-state index in [1.165, 1.54) is 0 Å². The number of nitrogens with zero attached hydrogens (tertiary/aromatic N) is 2. The lowest BCUT2D eigenvalue weighted by Crippen LogP contribution is -2.06. The van der Waals surface area contributed by atoms with Crippen molar-refractivity contribution in [2.45, 2.75) is 27.0 Å². The molecule has 5 heteroatoms. The molecule has 0 unspecified atom stereocenters. The van der Waals surface area contributed by atoms with E-state index in [0.29, 0.717) is 12.3 Å². The molecule has 18 heavy (non-hydrogen) atoms. The fourth-order valence-corrected chi connectivity index (χ4v) is 2.16. The van der Waals surface area contributed by atoms with Crippen LogP contribution in [0.2, 0.25) is 0 Å². The first-order valence-electron chi connectivity index (χ1n) is 5.82. The fraction of sp³-hybridized carbons (Fsp3) is 0.308. The Hall–Kier alpha value is -1.49. The van der Waals surface area contributed by atoms with E-state index < -0.39 is 0 Å². The molecule has 0 saturated carbocycles. The molecule has 4 nitrogen and oxygen atoms in total. The van der Waals surface area contributed by atoms with Gasteiger partial charge in [-0.25, -0.2) is 0 Å². The average molecular weight is 310 g/mol. The molecule has 0 aliphatic rings. The molecule has 2 aromatic rings. The van der Waals surface area contributed by atoms with Gasteiger partial charge in [-0.1, -0.05) is 6.07 Å². The fourth-order valence-electron chi connectivity index (χ4n) is 1.78. The van der Waals surface area contributed by atoms with Crippen LogP contribution in [-0.2, 0) is 13.2 Å². The number of halogens is 1. The Labute approximate surface area is 115 Å². The summed E-state index contributed by atoms with van der Waals surface area (Å²) in [5, 5.41) is 4.38. The average Bonchev–Trinajstić information content (AvgIpc) is 2.71. The quantitative estimate of drug-likeness (QED) is 0.883. The minimum atomic E-state index is 0.483. The van der Waals surface area contributed by atoms with Crippen LogP contribution >= 0.6 is 15.9 Å². The zero-order valence-electron chi connectivity index (χ0n) is 10.5. The lowest BCUT2D eigenvalue weighted by molar-refractivity contribution is 0.291. The number of hydrogen-bond acceptors (Lipinski definition) is 3. The van der Waals surface area contributed by atoms with Gasteiger partial charge in [0.2, 0.25) is 0 Å². The molecule has 0 radical (unpaired) electrons. The zero-order chi connectivity index (χ0) is 13.1. The molecule has 0 spiro atoms. The van der Waals surface area contributed by atoms with Crippen LogP contribution in [-0.4, -0.2) is 9.78 Å². The van der Waals surface area contributed by atoms with Gasteiger partial charge >= 0.3 is 0 Å². The van der Waals surface area contributed by atoms with Gasteiger partial charge in [-0.3, -0.25) is 4.68 Å². The lowest BCUT2D eigenvalue weighted by atomic mass is 10.3. The maximum Gasteiger partial charge on any atom is 0.136 e. The van der Waals surface area contributed by atoms with Crippen molar-refractivity contribution >= 4 is 21.6 Å². The Morgan fingerprint density at radius 2 is 2.22 bits per heavy atom. The summed E-state index contributed by atoms with van der Waals surface area (Å²) in [6, 6.07) is 7.62. The van der Waals surface area contributed by atoms with E-state index >= 15 is 0 Å². The summed E-state index contributed by atoms with van der Waals surface area (Å²) in [5.41, 5.74) is 8.54. The van der Waals surface area contributed by atoms with Crippen LogP contribution in [0.4, 0.5) is 5.69 Å². The van der Waals surface area contributed by atoms with Crippen LogP contribution in [0.3, 0.4) is 0 Å². The first kappa shape index (κ1) is 13.0. The van der Waals surface area contributed by atoms with Gasteiger partial charge in [0.05, 0.1) is 15.9 Å². The van der Waals surface area contributed by atoms with E-state index in [1.54, 1.807) is 0 Å². The third-order valence-corrected chi connectivity index (χ3v) is 3.50. The van der Waals surface area contributed by atoms with E-state index in [9.17, 15) is 0 Å². The van der Waals surface area contributed by atoms with E-state index in [2.05, 4.69) is 28.0 Å². The third-order valence-electron chi connectivity index (χ3n) is 2.65. The molecule has 0 atom stereocenters. The normalized spacial score (nSPS) is 10.6. The van der Waals surface area contributed by atoms with Crippen molar-refractivity contribution in [3.05, 3.63) is 40.1 Å². The Kier molecular flexibility index (Phi) is 3.91. The maximum atomic E-state index is 5.81.